The van der Waals surface area contributed by atoms with Crippen LogP contribution < -0.4 is 11.1 Å². The van der Waals surface area contributed by atoms with Crippen LogP contribution in [0.3, 0.4) is 0 Å². The van der Waals surface area contributed by atoms with Gasteiger partial charge in [-0.1, -0.05) is 18.1 Å². The van der Waals surface area contributed by atoms with E-state index in [0.29, 0.717) is 6.07 Å². The molecule has 1 aliphatic rings. The molecule has 52 heavy (non-hydrogen) atoms. The Kier molecular flexibility index (Phi) is 10.1. The first kappa shape index (κ1) is 37.7. The first-order valence-electron chi connectivity index (χ1n) is 15.5. The molecule has 0 fully saturated rings. The van der Waals surface area contributed by atoms with Gasteiger partial charge in [-0.25, -0.2) is 18.2 Å². The number of aliphatic hydroxyl groups is 1. The highest BCUT2D eigenvalue weighted by molar-refractivity contribution is 5.94. The average Bonchev–Trinajstić information content (AvgIpc) is 3.50. The van der Waals surface area contributed by atoms with E-state index in [2.05, 4.69) is 33.8 Å². The summed E-state index contributed by atoms with van der Waals surface area (Å²) in [6.45, 7) is 4.60. The molecule has 0 saturated carbocycles. The van der Waals surface area contributed by atoms with E-state index < -0.39 is 101 Å². The number of hydrogen-bond donors (Lipinski definition) is 3. The number of hydrogen-bond acceptors (Lipinski definition) is 5. The van der Waals surface area contributed by atoms with Crippen molar-refractivity contribution in [2.75, 3.05) is 0 Å². The standard InChI is InChI=1S/C36H29F8N5O3/c1-4-34(3)16-26-31(36(42,43)44)48-49(32(26)35(34,40)41)17-29(51)47-28(13-19-11-21(37)15-22(38)12-19)30-24(9-8-23(46-30)7-5-18(2)50)20-6-10-27(39)25(14-20)33(45)52/h4,6,8-12,14-15,18,28,50H,1,13,16-17H2,2-3H3,(H2,45,52)(H,47,51)/t18?,28-,34+/m0/s1. The van der Waals surface area contributed by atoms with Crippen LogP contribution in [0.2, 0.25) is 0 Å². The smallest absolute Gasteiger partial charge is 0.381 e. The fourth-order valence-electron chi connectivity index (χ4n) is 5.98. The summed E-state index contributed by atoms with van der Waals surface area (Å²) in [6, 6.07) is 7.09. The van der Waals surface area contributed by atoms with Crippen LogP contribution in [0.15, 0.2) is 61.2 Å². The van der Waals surface area contributed by atoms with Crippen molar-refractivity contribution in [2.24, 2.45) is 11.1 Å². The number of aliphatic hydroxyl groups excluding tert-OH is 1. The number of benzene rings is 2. The molecular weight excluding hydrogens is 702 g/mol. The zero-order valence-electron chi connectivity index (χ0n) is 27.4. The van der Waals surface area contributed by atoms with Crippen molar-refractivity contribution < 1.29 is 49.8 Å². The molecule has 4 N–H and O–H groups in total. The lowest BCUT2D eigenvalue weighted by Gasteiger charge is -2.29. The average molecular weight is 732 g/mol. The van der Waals surface area contributed by atoms with Gasteiger partial charge in [0, 0.05) is 17.2 Å². The molecule has 5 rings (SSSR count). The maximum absolute atomic E-state index is 15.7. The number of allylic oxidation sites excluding steroid dienone is 1. The second kappa shape index (κ2) is 13.9. The number of fused-ring (bicyclic) bond motifs is 1. The summed E-state index contributed by atoms with van der Waals surface area (Å²) in [5, 5.41) is 15.6. The molecule has 272 valence electrons. The van der Waals surface area contributed by atoms with Crippen LogP contribution in [-0.4, -0.2) is 37.8 Å². The quantitative estimate of drug-likeness (QED) is 0.108. The highest BCUT2D eigenvalue weighted by atomic mass is 19.4. The molecule has 0 spiro atoms. The molecule has 1 unspecified atom stereocenters. The van der Waals surface area contributed by atoms with Crippen molar-refractivity contribution >= 4 is 11.8 Å². The number of pyridine rings is 1. The van der Waals surface area contributed by atoms with Gasteiger partial charge in [0.05, 0.1) is 22.7 Å². The minimum Gasteiger partial charge on any atom is -0.381 e. The number of rotatable bonds is 9. The third-order valence-electron chi connectivity index (χ3n) is 8.53. The Morgan fingerprint density at radius 1 is 1.12 bits per heavy atom. The fourth-order valence-corrected chi connectivity index (χ4v) is 5.98. The molecule has 0 aliphatic heterocycles. The van der Waals surface area contributed by atoms with Crippen LogP contribution in [0.4, 0.5) is 35.1 Å². The number of carbonyl (C=O) groups is 2. The Morgan fingerprint density at radius 3 is 2.38 bits per heavy atom. The molecule has 2 aromatic heterocycles. The monoisotopic (exact) mass is 731 g/mol. The van der Waals surface area contributed by atoms with Gasteiger partial charge in [-0.3, -0.25) is 14.3 Å². The third kappa shape index (κ3) is 7.40. The fraction of sp³-hybridized carbons (Fsp3) is 0.278. The molecule has 16 heteroatoms. The first-order chi connectivity index (χ1) is 24.2. The van der Waals surface area contributed by atoms with Gasteiger partial charge < -0.3 is 16.2 Å². The van der Waals surface area contributed by atoms with E-state index in [1.165, 1.54) is 25.1 Å². The van der Waals surface area contributed by atoms with Gasteiger partial charge in [0.1, 0.15) is 41.5 Å². The van der Waals surface area contributed by atoms with Crippen LogP contribution >= 0.6 is 0 Å². The van der Waals surface area contributed by atoms with E-state index in [4.69, 9.17) is 5.73 Å². The molecule has 1 aliphatic carbocycles. The zero-order chi connectivity index (χ0) is 38.3. The SMILES string of the molecule is C=C[C@]1(C)Cc2c(C(F)(F)F)nn(CC(=O)N[C@@H](Cc3cc(F)cc(F)c3)c3nc(C#CC(C)O)ccc3-c3ccc(F)c(C(N)=O)c3)c2C1(F)F. The van der Waals surface area contributed by atoms with E-state index in [-0.39, 0.29) is 32.8 Å². The summed E-state index contributed by atoms with van der Waals surface area (Å²) in [6.07, 6.45) is -6.62. The summed E-state index contributed by atoms with van der Waals surface area (Å²) in [7, 11) is 0. The highest BCUT2D eigenvalue weighted by Gasteiger charge is 2.61. The molecule has 0 saturated heterocycles. The van der Waals surface area contributed by atoms with E-state index >= 15 is 8.78 Å². The van der Waals surface area contributed by atoms with E-state index in [0.717, 1.165) is 37.3 Å². The number of aromatic nitrogens is 3. The normalized spacial score (nSPS) is 17.4. The maximum Gasteiger partial charge on any atom is 0.435 e. The second-order valence-corrected chi connectivity index (χ2v) is 12.4. The lowest BCUT2D eigenvalue weighted by molar-refractivity contribution is -0.143. The molecule has 2 amide bonds. The summed E-state index contributed by atoms with van der Waals surface area (Å²) in [5.41, 5.74) is -0.743. The van der Waals surface area contributed by atoms with Crippen molar-refractivity contribution in [3.63, 3.8) is 0 Å². The van der Waals surface area contributed by atoms with Gasteiger partial charge in [-0.15, -0.1) is 6.58 Å². The van der Waals surface area contributed by atoms with Gasteiger partial charge in [0.25, 0.3) is 11.8 Å². The van der Waals surface area contributed by atoms with Crippen LogP contribution in [-0.2, 0) is 36.3 Å². The molecule has 2 heterocycles. The predicted molar refractivity (Wildman–Crippen MR) is 171 cm³/mol. The second-order valence-electron chi connectivity index (χ2n) is 12.4. The number of carbonyl (C=O) groups excluding carboxylic acids is 2. The first-order valence-corrected chi connectivity index (χ1v) is 15.5. The lowest BCUT2D eigenvalue weighted by Crippen LogP contribution is -2.37. The van der Waals surface area contributed by atoms with E-state index in [1.54, 1.807) is 0 Å². The van der Waals surface area contributed by atoms with Gasteiger partial charge in [0.15, 0.2) is 5.69 Å². The van der Waals surface area contributed by atoms with Gasteiger partial charge in [-0.2, -0.15) is 27.1 Å². The Balaban J connectivity index is 1.65. The van der Waals surface area contributed by atoms with Crippen molar-refractivity contribution in [1.29, 1.82) is 0 Å². The molecule has 0 radical (unpaired) electrons. The van der Waals surface area contributed by atoms with Crippen LogP contribution in [0.25, 0.3) is 11.1 Å². The van der Waals surface area contributed by atoms with Gasteiger partial charge in [-0.05, 0) is 80.1 Å². The summed E-state index contributed by atoms with van der Waals surface area (Å²) >= 11 is 0. The Labute approximate surface area is 291 Å². The maximum atomic E-state index is 15.7. The minimum absolute atomic E-state index is 0.00428. The topological polar surface area (TPSA) is 123 Å². The van der Waals surface area contributed by atoms with Crippen LogP contribution in [0.1, 0.15) is 64.1 Å². The van der Waals surface area contributed by atoms with Gasteiger partial charge in [0.2, 0.25) is 5.91 Å². The number of nitrogens with one attached hydrogen (secondary N) is 1. The number of alkyl halides is 5. The summed E-state index contributed by atoms with van der Waals surface area (Å²) < 4.78 is 117. The minimum atomic E-state index is -5.15. The number of primary amides is 1. The summed E-state index contributed by atoms with van der Waals surface area (Å²) in [4.78, 5) is 30.1. The molecule has 3 atom stereocenters. The molecule has 4 aromatic rings. The number of nitrogens with zero attached hydrogens (tertiary/aromatic N) is 3. The third-order valence-corrected chi connectivity index (χ3v) is 8.53. The molecular formula is C36H29F8N5O3. The van der Waals surface area contributed by atoms with E-state index in [9.17, 15) is 41.0 Å². The van der Waals surface area contributed by atoms with Gasteiger partial charge >= 0.3 is 6.18 Å². The number of nitrogens with two attached hydrogens (primary N) is 1. The Hall–Kier alpha value is -5.56. The summed E-state index contributed by atoms with van der Waals surface area (Å²) in [5.74, 6) is -4.06. The van der Waals surface area contributed by atoms with Crippen LogP contribution in [0.5, 0.6) is 0 Å². The van der Waals surface area contributed by atoms with Crippen molar-refractivity contribution in [3.8, 4) is 23.0 Å². The van der Waals surface area contributed by atoms with Crippen LogP contribution in [0, 0.1) is 34.7 Å². The van der Waals surface area contributed by atoms with Crippen molar-refractivity contribution in [2.45, 2.75) is 57.5 Å². The largest absolute Gasteiger partial charge is 0.435 e. The Morgan fingerprint density at radius 2 is 1.79 bits per heavy atom. The molecule has 8 nitrogen and oxygen atoms in total. The van der Waals surface area contributed by atoms with Crippen molar-refractivity contribution in [1.82, 2.24) is 20.1 Å². The van der Waals surface area contributed by atoms with Crippen molar-refractivity contribution in [3.05, 3.63) is 118 Å². The Bertz CT molecular complexity index is 2130. The number of amides is 2. The predicted octanol–water partition coefficient (Wildman–Crippen LogP) is 6.15. The molecule has 0 bridgehead atoms. The molecule has 2 aromatic carbocycles. The zero-order valence-corrected chi connectivity index (χ0v) is 27.4. The van der Waals surface area contributed by atoms with E-state index in [1.807, 2.05) is 0 Å². The highest BCUT2D eigenvalue weighted by Crippen LogP contribution is 2.57. The number of halogens is 8. The lowest BCUT2D eigenvalue weighted by atomic mass is 9.84.